The van der Waals surface area contributed by atoms with Crippen molar-refractivity contribution in [3.05, 3.63) is 148 Å². The number of aryl methyl sites for hydroxylation is 5. The third-order valence-corrected chi connectivity index (χ3v) is 11.7. The zero-order valence-corrected chi connectivity index (χ0v) is 30.9. The van der Waals surface area contributed by atoms with Crippen molar-refractivity contribution in [2.75, 3.05) is 0 Å². The average molecular weight is 679 g/mol. The molecule has 5 heteroatoms. The third kappa shape index (κ3) is 4.48. The van der Waals surface area contributed by atoms with Crippen LogP contribution in [-0.4, -0.2) is 32.2 Å². The zero-order valence-electron chi connectivity index (χ0n) is 30.9. The number of fused-ring (bicyclic) bond motifs is 8. The fourth-order valence-corrected chi connectivity index (χ4v) is 9.65. The lowest BCUT2D eigenvalue weighted by Gasteiger charge is -2.40. The zero-order chi connectivity index (χ0) is 35.6. The Hall–Kier alpha value is -5.68. The van der Waals surface area contributed by atoms with E-state index in [4.69, 9.17) is 14.7 Å². The smallest absolute Gasteiger partial charge is 0.216 e. The van der Waals surface area contributed by atoms with Gasteiger partial charge in [-0.05, 0) is 124 Å². The van der Waals surface area contributed by atoms with Crippen LogP contribution in [0.25, 0.3) is 55.1 Å². The fourth-order valence-electron chi connectivity index (χ4n) is 9.65. The van der Waals surface area contributed by atoms with Crippen LogP contribution in [0.15, 0.2) is 108 Å². The molecule has 0 radical (unpaired) electrons. The molecule has 0 amide bonds. The number of hydrogen-bond acceptors (Lipinski definition) is 3. The molecule has 4 heterocycles. The summed E-state index contributed by atoms with van der Waals surface area (Å²) in [6.07, 6.45) is 2.79. The topological polar surface area (TPSA) is 44.3 Å². The molecule has 0 N–H and O–H groups in total. The Labute approximate surface area is 304 Å². The van der Waals surface area contributed by atoms with Crippen LogP contribution in [0.1, 0.15) is 58.4 Å². The van der Waals surface area contributed by atoms with Gasteiger partial charge in [0.2, 0.25) is 5.90 Å². The van der Waals surface area contributed by atoms with Crippen molar-refractivity contribution in [2.24, 2.45) is 4.99 Å². The molecule has 2 atom stereocenters. The molecule has 8 aromatic rings. The van der Waals surface area contributed by atoms with Gasteiger partial charge in [-0.1, -0.05) is 60.9 Å². The molecule has 0 saturated carbocycles. The SMILES string of the molecule is Cc1cc(C2=N[C@@H]3[C@H](Cc4cc(C)cc(C)c4C3(C)C)O2)cc(-n2c3ccc(C)cc3c3ccc(-n4c5ccc(C)cc5c5cccnc54)cc32)c1. The molecule has 2 aliphatic rings. The van der Waals surface area contributed by atoms with Crippen molar-refractivity contribution in [3.63, 3.8) is 0 Å². The summed E-state index contributed by atoms with van der Waals surface area (Å²) in [5.74, 6) is 0.749. The molecule has 0 unspecified atom stereocenters. The highest BCUT2D eigenvalue weighted by Crippen LogP contribution is 2.45. The Morgan fingerprint density at radius 2 is 1.37 bits per heavy atom. The number of ether oxygens (including phenoxy) is 1. The van der Waals surface area contributed by atoms with Crippen molar-refractivity contribution in [3.8, 4) is 11.4 Å². The summed E-state index contributed by atoms with van der Waals surface area (Å²) in [6.45, 7) is 15.6. The summed E-state index contributed by atoms with van der Waals surface area (Å²) >= 11 is 0. The molecule has 0 bridgehead atoms. The van der Waals surface area contributed by atoms with Crippen molar-refractivity contribution in [1.29, 1.82) is 0 Å². The minimum absolute atomic E-state index is 0.0186. The second-order valence-electron chi connectivity index (χ2n) is 15.9. The van der Waals surface area contributed by atoms with Crippen LogP contribution in [0.5, 0.6) is 0 Å². The summed E-state index contributed by atoms with van der Waals surface area (Å²) in [6, 6.07) is 36.1. The number of hydrogen-bond donors (Lipinski definition) is 0. The van der Waals surface area contributed by atoms with Crippen LogP contribution in [-0.2, 0) is 16.6 Å². The maximum atomic E-state index is 6.83. The highest BCUT2D eigenvalue weighted by atomic mass is 16.5. The van der Waals surface area contributed by atoms with E-state index in [-0.39, 0.29) is 17.6 Å². The molecule has 0 spiro atoms. The van der Waals surface area contributed by atoms with E-state index in [1.807, 2.05) is 12.3 Å². The summed E-state index contributed by atoms with van der Waals surface area (Å²) in [4.78, 5) is 10.3. The van der Waals surface area contributed by atoms with E-state index in [1.165, 1.54) is 60.6 Å². The van der Waals surface area contributed by atoms with Crippen LogP contribution in [0.3, 0.4) is 0 Å². The molecule has 1 aliphatic carbocycles. The summed E-state index contributed by atoms with van der Waals surface area (Å²) in [5.41, 5.74) is 16.7. The van der Waals surface area contributed by atoms with E-state index in [0.29, 0.717) is 0 Å². The van der Waals surface area contributed by atoms with Gasteiger partial charge in [0, 0.05) is 56.5 Å². The first-order chi connectivity index (χ1) is 25.0. The number of nitrogens with zero attached hydrogens (tertiary/aromatic N) is 4. The van der Waals surface area contributed by atoms with Crippen molar-refractivity contribution >= 4 is 49.6 Å². The lowest BCUT2D eigenvalue weighted by molar-refractivity contribution is 0.147. The first-order valence-corrected chi connectivity index (χ1v) is 18.4. The summed E-state index contributed by atoms with van der Waals surface area (Å²) < 4.78 is 11.6. The van der Waals surface area contributed by atoms with Gasteiger partial charge < -0.3 is 9.30 Å². The largest absolute Gasteiger partial charge is 0.471 e. The van der Waals surface area contributed by atoms with Crippen molar-refractivity contribution < 1.29 is 4.74 Å². The maximum Gasteiger partial charge on any atom is 0.216 e. The van der Waals surface area contributed by atoms with Gasteiger partial charge in [0.25, 0.3) is 0 Å². The Morgan fingerprint density at radius 1 is 0.635 bits per heavy atom. The van der Waals surface area contributed by atoms with Gasteiger partial charge in [0.1, 0.15) is 17.8 Å². The van der Waals surface area contributed by atoms with Crippen molar-refractivity contribution in [1.82, 2.24) is 14.1 Å². The molecular weight excluding hydrogens is 637 g/mol. The Balaban J connectivity index is 1.15. The van der Waals surface area contributed by atoms with E-state index in [1.54, 1.807) is 0 Å². The quantitative estimate of drug-likeness (QED) is 0.187. The maximum absolute atomic E-state index is 6.83. The van der Waals surface area contributed by atoms with Crippen LogP contribution < -0.4 is 0 Å². The van der Waals surface area contributed by atoms with E-state index in [2.05, 4.69) is 149 Å². The monoisotopic (exact) mass is 678 g/mol. The second-order valence-corrected chi connectivity index (χ2v) is 15.9. The molecule has 256 valence electrons. The molecule has 0 saturated heterocycles. The fraction of sp³-hybridized carbons (Fsp3) is 0.234. The van der Waals surface area contributed by atoms with Crippen LogP contribution in [0.4, 0.5) is 0 Å². The van der Waals surface area contributed by atoms with Crippen LogP contribution in [0.2, 0.25) is 0 Å². The Morgan fingerprint density at radius 3 is 2.15 bits per heavy atom. The highest BCUT2D eigenvalue weighted by molar-refractivity contribution is 6.12. The highest BCUT2D eigenvalue weighted by Gasteiger charge is 2.48. The number of aliphatic imine (C=N–C) groups is 1. The molecule has 52 heavy (non-hydrogen) atoms. The lowest BCUT2D eigenvalue weighted by atomic mass is 9.66. The van der Waals surface area contributed by atoms with Crippen LogP contribution in [0, 0.1) is 34.6 Å². The van der Waals surface area contributed by atoms with Gasteiger partial charge >= 0.3 is 0 Å². The number of rotatable bonds is 3. The van der Waals surface area contributed by atoms with E-state index >= 15 is 0 Å². The van der Waals surface area contributed by atoms with E-state index in [9.17, 15) is 0 Å². The minimum atomic E-state index is -0.133. The standard InChI is InChI=1S/C47H42N4O/c1-26-10-14-39-37(21-26)35-13-12-33(51-40-15-11-27(2)22-38(40)36-9-8-16-48-45(36)51)25-41(35)50(39)34-20-29(4)19-32(23-34)46-49-44-42(52-46)24-31-18-28(3)17-30(5)43(31)47(44,6)7/h8-23,25,42,44H,24H2,1-7H3/t42-,44+/m0/s1. The second kappa shape index (κ2) is 10.9. The van der Waals surface area contributed by atoms with Gasteiger partial charge in [-0.3, -0.25) is 4.57 Å². The molecule has 3 aromatic heterocycles. The number of pyridine rings is 1. The van der Waals surface area contributed by atoms with E-state index < -0.39 is 0 Å². The molecule has 0 fully saturated rings. The van der Waals surface area contributed by atoms with Crippen LogP contribution >= 0.6 is 0 Å². The Kier molecular flexibility index (Phi) is 6.52. The van der Waals surface area contributed by atoms with Crippen molar-refractivity contribution in [2.45, 2.75) is 72.4 Å². The van der Waals surface area contributed by atoms with Gasteiger partial charge in [-0.2, -0.15) is 0 Å². The first kappa shape index (κ1) is 31.1. The summed E-state index contributed by atoms with van der Waals surface area (Å²) in [5, 5.41) is 4.85. The predicted molar refractivity (Wildman–Crippen MR) is 215 cm³/mol. The predicted octanol–water partition coefficient (Wildman–Crippen LogP) is 10.9. The van der Waals surface area contributed by atoms with Gasteiger partial charge in [-0.15, -0.1) is 0 Å². The van der Waals surface area contributed by atoms with E-state index in [0.717, 1.165) is 51.3 Å². The molecule has 5 aromatic carbocycles. The minimum Gasteiger partial charge on any atom is -0.471 e. The molecule has 1 aliphatic heterocycles. The molecule has 10 rings (SSSR count). The van der Waals surface area contributed by atoms with Gasteiger partial charge in [-0.25, -0.2) is 9.98 Å². The summed E-state index contributed by atoms with van der Waals surface area (Å²) in [7, 11) is 0. The average Bonchev–Trinajstić information content (AvgIpc) is 3.78. The third-order valence-electron chi connectivity index (χ3n) is 11.7. The molecular formula is C47H42N4O. The molecule has 5 nitrogen and oxygen atoms in total. The number of benzene rings is 5. The number of aromatic nitrogens is 3. The Bertz CT molecular complexity index is 2850. The van der Waals surface area contributed by atoms with Gasteiger partial charge in [0.15, 0.2) is 0 Å². The lowest BCUT2D eigenvalue weighted by Crippen LogP contribution is -2.46. The normalized spacial score (nSPS) is 17.9. The first-order valence-electron chi connectivity index (χ1n) is 18.4. The van der Waals surface area contributed by atoms with Gasteiger partial charge in [0.05, 0.1) is 16.6 Å².